The minimum atomic E-state index is -0.00810. The van der Waals surface area contributed by atoms with Crippen LogP contribution >= 0.6 is 0 Å². The topological polar surface area (TPSA) is 44.5 Å². The molecule has 2 aromatic carbocycles. The fourth-order valence-electron chi connectivity index (χ4n) is 2.78. The van der Waals surface area contributed by atoms with Crippen molar-refractivity contribution in [3.8, 4) is 5.75 Å². The maximum atomic E-state index is 6.29. The normalized spacial score (nSPS) is 21.1. The second kappa shape index (κ2) is 5.65. The summed E-state index contributed by atoms with van der Waals surface area (Å²) in [5.74, 6) is 0.892. The van der Waals surface area contributed by atoms with Gasteiger partial charge in [-0.15, -0.1) is 0 Å². The zero-order chi connectivity index (χ0) is 13.9. The number of nitrogens with two attached hydrogens (primary N) is 1. The van der Waals surface area contributed by atoms with Gasteiger partial charge in [0.05, 0.1) is 6.61 Å². The van der Waals surface area contributed by atoms with Crippen LogP contribution in [0, 0.1) is 0 Å². The van der Waals surface area contributed by atoms with Gasteiger partial charge in [-0.25, -0.2) is 0 Å². The van der Waals surface area contributed by atoms with Crippen LogP contribution in [0.1, 0.15) is 35.3 Å². The molecule has 1 aliphatic heterocycles. The first-order valence-electron chi connectivity index (χ1n) is 6.87. The second-order valence-electron chi connectivity index (χ2n) is 5.12. The predicted octanol–water partition coefficient (Wildman–Crippen LogP) is 3.36. The molecule has 0 bridgehead atoms. The number of hydrogen-bond donors (Lipinski definition) is 1. The van der Waals surface area contributed by atoms with Crippen molar-refractivity contribution in [2.45, 2.75) is 25.2 Å². The zero-order valence-electron chi connectivity index (χ0n) is 11.6. The lowest BCUT2D eigenvalue weighted by molar-refractivity contribution is 0.151. The SMILES string of the molecule is COCc1ccccc1C1C[C@@H](N)c2ccccc2O1. The van der Waals surface area contributed by atoms with Crippen LogP contribution in [0.5, 0.6) is 5.75 Å². The van der Waals surface area contributed by atoms with E-state index in [2.05, 4.69) is 12.1 Å². The van der Waals surface area contributed by atoms with Crippen molar-refractivity contribution in [2.24, 2.45) is 5.73 Å². The van der Waals surface area contributed by atoms with E-state index in [1.54, 1.807) is 7.11 Å². The van der Waals surface area contributed by atoms with Gasteiger partial charge in [0, 0.05) is 25.1 Å². The van der Waals surface area contributed by atoms with Crippen LogP contribution in [-0.4, -0.2) is 7.11 Å². The summed E-state index contributed by atoms with van der Waals surface area (Å²) < 4.78 is 11.4. The van der Waals surface area contributed by atoms with Crippen LogP contribution in [0.4, 0.5) is 0 Å². The van der Waals surface area contributed by atoms with Gasteiger partial charge in [0.1, 0.15) is 11.9 Å². The lowest BCUT2D eigenvalue weighted by Crippen LogP contribution is -2.24. The summed E-state index contributed by atoms with van der Waals surface area (Å²) >= 11 is 0. The van der Waals surface area contributed by atoms with Gasteiger partial charge < -0.3 is 15.2 Å². The van der Waals surface area contributed by atoms with E-state index in [-0.39, 0.29) is 12.1 Å². The molecule has 0 amide bonds. The highest BCUT2D eigenvalue weighted by molar-refractivity contribution is 5.40. The summed E-state index contributed by atoms with van der Waals surface area (Å²) in [5, 5.41) is 0. The van der Waals surface area contributed by atoms with E-state index in [1.165, 1.54) is 5.56 Å². The molecular weight excluding hydrogens is 250 g/mol. The van der Waals surface area contributed by atoms with Gasteiger partial charge in [-0.05, 0) is 17.2 Å². The summed E-state index contributed by atoms with van der Waals surface area (Å²) in [6, 6.07) is 16.3. The summed E-state index contributed by atoms with van der Waals surface area (Å²) in [4.78, 5) is 0. The Kier molecular flexibility index (Phi) is 3.72. The van der Waals surface area contributed by atoms with Crippen molar-refractivity contribution in [3.63, 3.8) is 0 Å². The largest absolute Gasteiger partial charge is 0.485 e. The summed E-state index contributed by atoms with van der Waals surface area (Å²) in [7, 11) is 1.71. The first kappa shape index (κ1) is 13.2. The van der Waals surface area contributed by atoms with Crippen LogP contribution in [0.3, 0.4) is 0 Å². The van der Waals surface area contributed by atoms with Crippen molar-refractivity contribution < 1.29 is 9.47 Å². The number of fused-ring (bicyclic) bond motifs is 1. The second-order valence-corrected chi connectivity index (χ2v) is 5.12. The Balaban J connectivity index is 1.94. The average Bonchev–Trinajstić information content (AvgIpc) is 2.48. The van der Waals surface area contributed by atoms with E-state index in [0.29, 0.717) is 6.61 Å². The standard InChI is InChI=1S/C17H19NO2/c1-19-11-12-6-2-3-7-13(12)17-10-15(18)14-8-4-5-9-16(14)20-17/h2-9,15,17H,10-11,18H2,1H3/t15-,17?/m1/s1. The molecule has 0 aliphatic carbocycles. The molecule has 0 radical (unpaired) electrons. The maximum absolute atomic E-state index is 6.29. The van der Waals surface area contributed by atoms with Gasteiger partial charge in [-0.2, -0.15) is 0 Å². The Hall–Kier alpha value is -1.84. The summed E-state index contributed by atoms with van der Waals surface area (Å²) in [5.41, 5.74) is 9.70. The molecule has 3 nitrogen and oxygen atoms in total. The fraction of sp³-hybridized carbons (Fsp3) is 0.294. The third kappa shape index (κ3) is 2.42. The molecule has 20 heavy (non-hydrogen) atoms. The quantitative estimate of drug-likeness (QED) is 0.929. The van der Waals surface area contributed by atoms with Crippen molar-refractivity contribution >= 4 is 0 Å². The van der Waals surface area contributed by atoms with Gasteiger partial charge in [0.15, 0.2) is 0 Å². The summed E-state index contributed by atoms with van der Waals surface area (Å²) in [6.07, 6.45) is 0.781. The Morgan fingerprint density at radius 3 is 2.60 bits per heavy atom. The number of ether oxygens (including phenoxy) is 2. The van der Waals surface area contributed by atoms with Crippen molar-refractivity contribution in [1.82, 2.24) is 0 Å². The third-order valence-corrected chi connectivity index (χ3v) is 3.76. The first-order valence-corrected chi connectivity index (χ1v) is 6.87. The number of para-hydroxylation sites is 1. The Bertz CT molecular complexity index is 597. The van der Waals surface area contributed by atoms with Gasteiger partial charge in [0.25, 0.3) is 0 Å². The monoisotopic (exact) mass is 269 g/mol. The number of benzene rings is 2. The fourth-order valence-corrected chi connectivity index (χ4v) is 2.78. The molecule has 0 saturated carbocycles. The third-order valence-electron chi connectivity index (χ3n) is 3.76. The Morgan fingerprint density at radius 1 is 1.10 bits per heavy atom. The molecule has 3 heteroatoms. The molecule has 0 spiro atoms. The molecule has 104 valence electrons. The van der Waals surface area contributed by atoms with Crippen LogP contribution in [0.25, 0.3) is 0 Å². The molecule has 1 unspecified atom stereocenters. The number of hydrogen-bond acceptors (Lipinski definition) is 3. The molecule has 2 atom stereocenters. The molecule has 1 aliphatic rings. The van der Waals surface area contributed by atoms with E-state index in [4.69, 9.17) is 15.2 Å². The van der Waals surface area contributed by atoms with Gasteiger partial charge in [-0.1, -0.05) is 42.5 Å². The van der Waals surface area contributed by atoms with Crippen LogP contribution in [0.15, 0.2) is 48.5 Å². The highest BCUT2D eigenvalue weighted by atomic mass is 16.5. The van der Waals surface area contributed by atoms with E-state index in [9.17, 15) is 0 Å². The molecule has 0 aromatic heterocycles. The Morgan fingerprint density at radius 2 is 1.80 bits per heavy atom. The zero-order valence-corrected chi connectivity index (χ0v) is 11.6. The highest BCUT2D eigenvalue weighted by Crippen LogP contribution is 2.40. The predicted molar refractivity (Wildman–Crippen MR) is 78.5 cm³/mol. The minimum Gasteiger partial charge on any atom is -0.485 e. The van der Waals surface area contributed by atoms with Gasteiger partial charge in [0.2, 0.25) is 0 Å². The molecule has 0 fully saturated rings. The molecule has 2 N–H and O–H groups in total. The highest BCUT2D eigenvalue weighted by Gasteiger charge is 2.27. The van der Waals surface area contributed by atoms with Crippen molar-refractivity contribution in [2.75, 3.05) is 7.11 Å². The molecule has 0 saturated heterocycles. The van der Waals surface area contributed by atoms with E-state index < -0.39 is 0 Å². The molecule has 1 heterocycles. The van der Waals surface area contributed by atoms with Crippen LogP contribution < -0.4 is 10.5 Å². The van der Waals surface area contributed by atoms with E-state index >= 15 is 0 Å². The first-order chi connectivity index (χ1) is 9.79. The van der Waals surface area contributed by atoms with Gasteiger partial charge in [-0.3, -0.25) is 0 Å². The lowest BCUT2D eigenvalue weighted by atomic mass is 9.91. The van der Waals surface area contributed by atoms with Crippen LogP contribution in [-0.2, 0) is 11.3 Å². The van der Waals surface area contributed by atoms with E-state index in [1.807, 2.05) is 36.4 Å². The van der Waals surface area contributed by atoms with E-state index in [0.717, 1.165) is 23.3 Å². The minimum absolute atomic E-state index is 0.00810. The smallest absolute Gasteiger partial charge is 0.126 e. The van der Waals surface area contributed by atoms with Crippen molar-refractivity contribution in [3.05, 3.63) is 65.2 Å². The van der Waals surface area contributed by atoms with Gasteiger partial charge >= 0.3 is 0 Å². The summed E-state index contributed by atoms with van der Waals surface area (Å²) in [6.45, 7) is 0.590. The number of methoxy groups -OCH3 is 1. The number of rotatable bonds is 3. The Labute approximate surface area is 119 Å². The molecule has 2 aromatic rings. The molecular formula is C17H19NO2. The average molecular weight is 269 g/mol. The van der Waals surface area contributed by atoms with Crippen molar-refractivity contribution in [1.29, 1.82) is 0 Å². The molecule has 3 rings (SSSR count). The maximum Gasteiger partial charge on any atom is 0.126 e. The van der Waals surface area contributed by atoms with Crippen LogP contribution in [0.2, 0.25) is 0 Å². The lowest BCUT2D eigenvalue weighted by Gasteiger charge is -2.31.